The molecule has 3 aromatic rings. The van der Waals surface area contributed by atoms with Crippen molar-refractivity contribution in [1.29, 1.82) is 0 Å². The molecule has 7 nitrogen and oxygen atoms in total. The van der Waals surface area contributed by atoms with Crippen LogP contribution >= 0.6 is 0 Å². The first-order valence-corrected chi connectivity index (χ1v) is 11.2. The van der Waals surface area contributed by atoms with E-state index in [1.54, 1.807) is 24.3 Å². The van der Waals surface area contributed by atoms with Crippen LogP contribution in [-0.4, -0.2) is 35.2 Å². The number of ether oxygens (including phenoxy) is 1. The lowest BCUT2D eigenvalue weighted by Crippen LogP contribution is -2.43. The fraction of sp³-hybridized carbons (Fsp3) is 0.222. The number of amides is 2. The first kappa shape index (κ1) is 21.7. The van der Waals surface area contributed by atoms with E-state index >= 15 is 0 Å². The maximum Gasteiger partial charge on any atom is 0.411 e. The Balaban J connectivity index is 1.20. The lowest BCUT2D eigenvalue weighted by Gasteiger charge is -2.15. The molecule has 2 amide bonds. The highest BCUT2D eigenvalue weighted by Crippen LogP contribution is 2.44. The van der Waals surface area contributed by atoms with E-state index in [1.807, 2.05) is 24.3 Å². The molecule has 1 saturated carbocycles. The van der Waals surface area contributed by atoms with Crippen molar-refractivity contribution in [2.75, 3.05) is 11.9 Å². The summed E-state index contributed by atoms with van der Waals surface area (Å²) in [4.78, 5) is 36.1. The molecule has 2 aliphatic rings. The monoisotopic (exact) mass is 456 g/mol. The molecule has 0 aromatic heterocycles. The van der Waals surface area contributed by atoms with E-state index in [0.717, 1.165) is 22.3 Å². The fourth-order valence-corrected chi connectivity index (χ4v) is 4.53. The van der Waals surface area contributed by atoms with Crippen molar-refractivity contribution in [2.24, 2.45) is 0 Å². The van der Waals surface area contributed by atoms with Crippen LogP contribution in [0, 0.1) is 0 Å². The van der Waals surface area contributed by atoms with Crippen LogP contribution in [0.5, 0.6) is 0 Å². The quantitative estimate of drug-likeness (QED) is 0.491. The smallest absolute Gasteiger partial charge is 0.411 e. The van der Waals surface area contributed by atoms with E-state index in [-0.39, 0.29) is 24.9 Å². The molecule has 7 heteroatoms. The number of carbonyl (C=O) groups is 3. The van der Waals surface area contributed by atoms with Crippen LogP contribution in [0.1, 0.15) is 35.4 Å². The summed E-state index contributed by atoms with van der Waals surface area (Å²) in [5.74, 6) is -1.40. The summed E-state index contributed by atoms with van der Waals surface area (Å²) >= 11 is 0. The van der Waals surface area contributed by atoms with Gasteiger partial charge in [0.15, 0.2) is 0 Å². The third kappa shape index (κ3) is 4.24. The minimum Gasteiger partial charge on any atom is -0.480 e. The summed E-state index contributed by atoms with van der Waals surface area (Å²) in [5, 5.41) is 14.5. The lowest BCUT2D eigenvalue weighted by atomic mass is 9.98. The van der Waals surface area contributed by atoms with Gasteiger partial charge in [0.05, 0.1) is 6.42 Å². The summed E-state index contributed by atoms with van der Waals surface area (Å²) in [6.07, 6.45) is 0.329. The first-order valence-electron chi connectivity index (χ1n) is 11.2. The van der Waals surface area contributed by atoms with Crippen LogP contribution in [0.15, 0.2) is 72.8 Å². The highest BCUT2D eigenvalue weighted by Gasteiger charge is 2.51. The standard InChI is InChI=1S/C27H24N2O5/c30-24(29-27(12-13-27)25(31)32)15-17-6-5-7-18(14-17)28-26(33)34-16-23-21-10-3-1-8-19(21)20-9-2-4-11-22(20)23/h1-11,14,23H,12-13,15-16H2,(H,28,33)(H,29,30)(H,31,32). The van der Waals surface area contributed by atoms with Gasteiger partial charge in [0.2, 0.25) is 5.91 Å². The van der Waals surface area contributed by atoms with Gasteiger partial charge < -0.3 is 15.2 Å². The van der Waals surface area contributed by atoms with Gasteiger partial charge in [-0.2, -0.15) is 0 Å². The summed E-state index contributed by atoms with van der Waals surface area (Å²) in [5.41, 5.74) is 4.65. The van der Waals surface area contributed by atoms with Crippen molar-refractivity contribution < 1.29 is 24.2 Å². The molecule has 172 valence electrons. The number of carbonyl (C=O) groups excluding carboxylic acids is 2. The molecule has 0 atom stereocenters. The number of benzene rings is 3. The van der Waals surface area contributed by atoms with E-state index < -0.39 is 17.6 Å². The Labute approximate surface area is 196 Å². The van der Waals surface area contributed by atoms with Crippen molar-refractivity contribution in [2.45, 2.75) is 30.7 Å². The van der Waals surface area contributed by atoms with Crippen molar-refractivity contribution >= 4 is 23.7 Å². The summed E-state index contributed by atoms with van der Waals surface area (Å²) in [6.45, 7) is 0.208. The van der Waals surface area contributed by atoms with Gasteiger partial charge in [0.1, 0.15) is 12.1 Å². The molecule has 2 aliphatic carbocycles. The Morgan fingerprint density at radius 3 is 2.18 bits per heavy atom. The highest BCUT2D eigenvalue weighted by atomic mass is 16.5. The number of aliphatic carboxylic acids is 1. The van der Waals surface area contributed by atoms with E-state index in [1.165, 1.54) is 0 Å². The highest BCUT2D eigenvalue weighted by molar-refractivity contribution is 5.90. The molecule has 0 aliphatic heterocycles. The molecule has 0 heterocycles. The van der Waals surface area contributed by atoms with Crippen LogP contribution in [0.25, 0.3) is 11.1 Å². The SMILES string of the molecule is O=C(Cc1cccc(NC(=O)OCC2c3ccccc3-c3ccccc32)c1)NC1(C(=O)O)CC1. The average Bonchev–Trinajstić information content (AvgIpc) is 3.53. The maximum absolute atomic E-state index is 12.5. The van der Waals surface area contributed by atoms with Gasteiger partial charge in [-0.05, 0) is 52.8 Å². The summed E-state index contributed by atoms with van der Waals surface area (Å²) in [7, 11) is 0. The lowest BCUT2D eigenvalue weighted by molar-refractivity contribution is -0.143. The summed E-state index contributed by atoms with van der Waals surface area (Å²) < 4.78 is 5.57. The number of rotatable bonds is 7. The molecule has 3 N–H and O–H groups in total. The zero-order valence-corrected chi connectivity index (χ0v) is 18.4. The summed E-state index contributed by atoms with van der Waals surface area (Å²) in [6, 6.07) is 23.1. The molecule has 3 aromatic carbocycles. The van der Waals surface area contributed by atoms with Crippen molar-refractivity contribution in [1.82, 2.24) is 5.32 Å². The van der Waals surface area contributed by atoms with Gasteiger partial charge in [0, 0.05) is 11.6 Å². The van der Waals surface area contributed by atoms with Crippen molar-refractivity contribution in [3.8, 4) is 11.1 Å². The number of hydrogen-bond donors (Lipinski definition) is 3. The zero-order chi connectivity index (χ0) is 23.7. The normalized spacial score (nSPS) is 15.1. The van der Waals surface area contributed by atoms with E-state index in [9.17, 15) is 19.5 Å². The largest absolute Gasteiger partial charge is 0.480 e. The fourth-order valence-electron chi connectivity index (χ4n) is 4.53. The predicted molar refractivity (Wildman–Crippen MR) is 127 cm³/mol. The van der Waals surface area contributed by atoms with Crippen molar-refractivity contribution in [3.63, 3.8) is 0 Å². The Morgan fingerprint density at radius 1 is 0.912 bits per heavy atom. The second kappa shape index (κ2) is 8.67. The number of nitrogens with one attached hydrogen (secondary N) is 2. The average molecular weight is 456 g/mol. The predicted octanol–water partition coefficient (Wildman–Crippen LogP) is 4.32. The molecule has 0 spiro atoms. The van der Waals surface area contributed by atoms with Gasteiger partial charge >= 0.3 is 12.1 Å². The molecule has 5 rings (SSSR count). The van der Waals surface area contributed by atoms with Gasteiger partial charge in [-0.15, -0.1) is 0 Å². The molecule has 1 fully saturated rings. The van der Waals surface area contributed by atoms with Crippen molar-refractivity contribution in [3.05, 3.63) is 89.5 Å². The number of carboxylic acids is 1. The molecule has 0 radical (unpaired) electrons. The molecule has 0 saturated heterocycles. The van der Waals surface area contributed by atoms with Gasteiger partial charge in [-0.25, -0.2) is 9.59 Å². The first-order chi connectivity index (χ1) is 16.4. The minimum atomic E-state index is -1.12. The van der Waals surface area contributed by atoms with Gasteiger partial charge in [-0.3, -0.25) is 10.1 Å². The number of carboxylic acid groups (broad SMARTS) is 1. The van der Waals surface area contributed by atoms with Crippen LogP contribution < -0.4 is 10.6 Å². The number of fused-ring (bicyclic) bond motifs is 3. The molecular weight excluding hydrogens is 432 g/mol. The van der Waals surface area contributed by atoms with Crippen LogP contribution in [-0.2, 0) is 20.7 Å². The topological polar surface area (TPSA) is 105 Å². The zero-order valence-electron chi connectivity index (χ0n) is 18.4. The Hall–Kier alpha value is -4.13. The second-order valence-corrected chi connectivity index (χ2v) is 8.76. The van der Waals surface area contributed by atoms with Crippen LogP contribution in [0.2, 0.25) is 0 Å². The number of anilines is 1. The Morgan fingerprint density at radius 2 is 1.56 bits per heavy atom. The number of hydrogen-bond acceptors (Lipinski definition) is 4. The molecule has 0 bridgehead atoms. The molecular formula is C27H24N2O5. The van der Waals surface area contributed by atoms with E-state index in [2.05, 4.69) is 34.9 Å². The maximum atomic E-state index is 12.5. The van der Waals surface area contributed by atoms with Gasteiger partial charge in [0.25, 0.3) is 0 Å². The third-order valence-corrected chi connectivity index (χ3v) is 6.42. The van der Waals surface area contributed by atoms with E-state index in [0.29, 0.717) is 24.1 Å². The van der Waals surface area contributed by atoms with Crippen LogP contribution in [0.3, 0.4) is 0 Å². The third-order valence-electron chi connectivity index (χ3n) is 6.42. The molecule has 34 heavy (non-hydrogen) atoms. The van der Waals surface area contributed by atoms with Crippen LogP contribution in [0.4, 0.5) is 10.5 Å². The second-order valence-electron chi connectivity index (χ2n) is 8.76. The van der Waals surface area contributed by atoms with E-state index in [4.69, 9.17) is 4.74 Å². The van der Waals surface area contributed by atoms with Gasteiger partial charge in [-0.1, -0.05) is 60.7 Å². The Bertz CT molecular complexity index is 1240. The molecule has 0 unspecified atom stereocenters. The minimum absolute atomic E-state index is 0.0231. The Kier molecular flexibility index (Phi) is 5.53.